The zero-order valence-electron chi connectivity index (χ0n) is 12.3. The third-order valence-corrected chi connectivity index (χ3v) is 3.07. The van der Waals surface area contributed by atoms with Crippen molar-refractivity contribution in [2.45, 2.75) is 33.0 Å². The van der Waals surface area contributed by atoms with Crippen LogP contribution < -0.4 is 0 Å². The summed E-state index contributed by atoms with van der Waals surface area (Å²) in [5.41, 5.74) is 1.79. The molecular weight excluding hydrogens is 256 g/mol. The second-order valence-corrected chi connectivity index (χ2v) is 4.80. The molecule has 0 bridgehead atoms. The molecule has 0 fully saturated rings. The Morgan fingerprint density at radius 2 is 2.15 bits per heavy atom. The molecule has 0 radical (unpaired) electrons. The predicted octanol–water partition coefficient (Wildman–Crippen LogP) is 2.83. The molecule has 0 aliphatic rings. The minimum absolute atomic E-state index is 0.247. The topological polar surface area (TPSA) is 55.8 Å². The molecule has 110 valence electrons. The van der Waals surface area contributed by atoms with E-state index in [0.29, 0.717) is 12.8 Å². The third-order valence-electron chi connectivity index (χ3n) is 3.07. The summed E-state index contributed by atoms with van der Waals surface area (Å²) in [5, 5.41) is 9.70. The molecule has 4 nitrogen and oxygen atoms in total. The highest BCUT2D eigenvalue weighted by Gasteiger charge is 2.18. The van der Waals surface area contributed by atoms with Gasteiger partial charge in [0.15, 0.2) is 6.29 Å². The fourth-order valence-corrected chi connectivity index (χ4v) is 1.85. The van der Waals surface area contributed by atoms with E-state index in [2.05, 4.69) is 6.58 Å². The first-order valence-electron chi connectivity index (χ1n) is 6.62. The summed E-state index contributed by atoms with van der Waals surface area (Å²) >= 11 is 0. The van der Waals surface area contributed by atoms with Gasteiger partial charge in [-0.1, -0.05) is 25.1 Å². The van der Waals surface area contributed by atoms with Gasteiger partial charge in [-0.2, -0.15) is 0 Å². The molecule has 0 saturated carbocycles. The van der Waals surface area contributed by atoms with Crippen LogP contribution in [0.2, 0.25) is 0 Å². The number of benzene rings is 1. The normalized spacial score (nSPS) is 13.6. The number of hydrogen-bond donors (Lipinski definition) is 1. The van der Waals surface area contributed by atoms with Gasteiger partial charge in [0.25, 0.3) is 0 Å². The molecule has 0 aromatic heterocycles. The number of carbonyl (C=O) groups is 1. The molecule has 1 aromatic carbocycles. The van der Waals surface area contributed by atoms with Crippen LogP contribution in [0.1, 0.15) is 25.0 Å². The second-order valence-electron chi connectivity index (χ2n) is 4.80. The minimum atomic E-state index is -0.541. The van der Waals surface area contributed by atoms with Gasteiger partial charge in [-0.05, 0) is 37.0 Å². The number of ether oxygens (including phenoxy) is 2. The van der Waals surface area contributed by atoms with E-state index in [9.17, 15) is 9.90 Å². The standard InChI is InChI=1S/C16H22O4/c1-5-6-14-10-13(7-8-15(14)17)9-11(2)16(18)20-12(3)19-4/h5,7-8,10-12,17H,1,6,9H2,2-4H3. The van der Waals surface area contributed by atoms with Crippen molar-refractivity contribution in [3.63, 3.8) is 0 Å². The van der Waals surface area contributed by atoms with Crippen LogP contribution in [-0.4, -0.2) is 24.5 Å². The molecule has 1 N–H and O–H groups in total. The maximum Gasteiger partial charge on any atom is 0.311 e. The number of hydrogen-bond acceptors (Lipinski definition) is 4. The number of carbonyl (C=O) groups excluding carboxylic acids is 1. The second kappa shape index (κ2) is 7.70. The maximum absolute atomic E-state index is 11.8. The number of esters is 1. The van der Waals surface area contributed by atoms with Gasteiger partial charge in [0.05, 0.1) is 5.92 Å². The largest absolute Gasteiger partial charge is 0.508 e. The van der Waals surface area contributed by atoms with E-state index in [1.807, 2.05) is 19.1 Å². The molecule has 2 atom stereocenters. The summed E-state index contributed by atoms with van der Waals surface area (Å²) in [4.78, 5) is 11.8. The fraction of sp³-hybridized carbons (Fsp3) is 0.438. The smallest absolute Gasteiger partial charge is 0.311 e. The highest BCUT2D eigenvalue weighted by Crippen LogP contribution is 2.21. The summed E-state index contributed by atoms with van der Waals surface area (Å²) in [6, 6.07) is 5.34. The van der Waals surface area contributed by atoms with E-state index < -0.39 is 6.29 Å². The predicted molar refractivity (Wildman–Crippen MR) is 77.4 cm³/mol. The van der Waals surface area contributed by atoms with E-state index in [1.165, 1.54) is 7.11 Å². The van der Waals surface area contributed by atoms with Gasteiger partial charge >= 0.3 is 5.97 Å². The van der Waals surface area contributed by atoms with Crippen molar-refractivity contribution in [3.8, 4) is 5.75 Å². The minimum Gasteiger partial charge on any atom is -0.508 e. The zero-order chi connectivity index (χ0) is 15.1. The first kappa shape index (κ1) is 16.2. The molecule has 4 heteroatoms. The molecule has 2 unspecified atom stereocenters. The van der Waals surface area contributed by atoms with Crippen molar-refractivity contribution in [2.75, 3.05) is 7.11 Å². The van der Waals surface area contributed by atoms with Crippen molar-refractivity contribution in [1.29, 1.82) is 0 Å². The fourth-order valence-electron chi connectivity index (χ4n) is 1.85. The molecule has 0 aliphatic heterocycles. The number of phenolic OH excluding ortho intramolecular Hbond substituents is 1. The number of phenols is 1. The zero-order valence-corrected chi connectivity index (χ0v) is 12.3. The lowest BCUT2D eigenvalue weighted by atomic mass is 9.98. The molecule has 0 saturated heterocycles. The Kier molecular flexibility index (Phi) is 6.25. The van der Waals surface area contributed by atoms with E-state index in [-0.39, 0.29) is 17.6 Å². The van der Waals surface area contributed by atoms with E-state index in [1.54, 1.807) is 19.1 Å². The lowest BCUT2D eigenvalue weighted by Crippen LogP contribution is -2.23. The molecule has 0 amide bonds. The van der Waals surface area contributed by atoms with Gasteiger partial charge < -0.3 is 14.6 Å². The van der Waals surface area contributed by atoms with Crippen LogP contribution in [-0.2, 0) is 27.1 Å². The first-order valence-corrected chi connectivity index (χ1v) is 6.62. The van der Waals surface area contributed by atoms with E-state index in [0.717, 1.165) is 11.1 Å². The van der Waals surface area contributed by atoms with Crippen LogP contribution >= 0.6 is 0 Å². The van der Waals surface area contributed by atoms with Gasteiger partial charge in [-0.3, -0.25) is 4.79 Å². The summed E-state index contributed by atoms with van der Waals surface area (Å²) in [5.74, 6) is -0.316. The number of methoxy groups -OCH3 is 1. The average molecular weight is 278 g/mol. The van der Waals surface area contributed by atoms with Gasteiger partial charge in [-0.25, -0.2) is 0 Å². The Hall–Kier alpha value is -1.81. The maximum atomic E-state index is 11.8. The van der Waals surface area contributed by atoms with Crippen molar-refractivity contribution in [1.82, 2.24) is 0 Å². The molecular formula is C16H22O4. The molecule has 0 spiro atoms. The summed E-state index contributed by atoms with van der Waals surface area (Å²) in [6.07, 6.45) is 2.34. The van der Waals surface area contributed by atoms with Crippen LogP contribution in [0.5, 0.6) is 5.75 Å². The van der Waals surface area contributed by atoms with Crippen LogP contribution in [0.3, 0.4) is 0 Å². The van der Waals surface area contributed by atoms with Gasteiger partial charge in [0.2, 0.25) is 0 Å². The Bertz CT molecular complexity index is 468. The van der Waals surface area contributed by atoms with Gasteiger partial charge in [-0.15, -0.1) is 6.58 Å². The van der Waals surface area contributed by atoms with Crippen molar-refractivity contribution in [2.24, 2.45) is 5.92 Å². The van der Waals surface area contributed by atoms with Crippen molar-refractivity contribution < 1.29 is 19.4 Å². The van der Waals surface area contributed by atoms with Crippen molar-refractivity contribution >= 4 is 5.97 Å². The molecule has 1 aromatic rings. The average Bonchev–Trinajstić information content (AvgIpc) is 2.42. The highest BCUT2D eigenvalue weighted by atomic mass is 16.7. The summed E-state index contributed by atoms with van der Waals surface area (Å²) in [7, 11) is 1.49. The van der Waals surface area contributed by atoms with Crippen LogP contribution in [0.15, 0.2) is 30.9 Å². The Labute approximate surface area is 120 Å². The summed E-state index contributed by atoms with van der Waals surface area (Å²) in [6.45, 7) is 7.14. The molecule has 0 aliphatic carbocycles. The molecule has 1 rings (SSSR count). The monoisotopic (exact) mass is 278 g/mol. The number of rotatable bonds is 7. The van der Waals surface area contributed by atoms with Gasteiger partial charge in [0, 0.05) is 7.11 Å². The van der Waals surface area contributed by atoms with Crippen LogP contribution in [0, 0.1) is 5.92 Å². The quantitative estimate of drug-likeness (QED) is 0.473. The van der Waals surface area contributed by atoms with E-state index >= 15 is 0 Å². The highest BCUT2D eigenvalue weighted by molar-refractivity contribution is 5.72. The van der Waals surface area contributed by atoms with E-state index in [4.69, 9.17) is 9.47 Å². The Morgan fingerprint density at radius 1 is 1.45 bits per heavy atom. The van der Waals surface area contributed by atoms with Crippen LogP contribution in [0.4, 0.5) is 0 Å². The Balaban J connectivity index is 2.70. The summed E-state index contributed by atoms with van der Waals surface area (Å²) < 4.78 is 10.0. The lowest BCUT2D eigenvalue weighted by molar-refractivity contribution is -0.174. The number of allylic oxidation sites excluding steroid dienone is 1. The third kappa shape index (κ3) is 4.70. The van der Waals surface area contributed by atoms with Crippen molar-refractivity contribution in [3.05, 3.63) is 42.0 Å². The van der Waals surface area contributed by atoms with Gasteiger partial charge in [0.1, 0.15) is 5.75 Å². The first-order chi connectivity index (χ1) is 9.47. The molecule has 0 heterocycles. The Morgan fingerprint density at radius 3 is 2.75 bits per heavy atom. The number of aromatic hydroxyl groups is 1. The molecule has 20 heavy (non-hydrogen) atoms. The van der Waals surface area contributed by atoms with Crippen LogP contribution in [0.25, 0.3) is 0 Å². The lowest BCUT2D eigenvalue weighted by Gasteiger charge is -2.16. The SMILES string of the molecule is C=CCc1cc(CC(C)C(=O)OC(C)OC)ccc1O.